The van der Waals surface area contributed by atoms with Crippen LogP contribution < -0.4 is 5.32 Å². The molecule has 0 bridgehead atoms. The molecule has 9 nitrogen and oxygen atoms in total. The van der Waals surface area contributed by atoms with Crippen molar-refractivity contribution in [2.45, 2.75) is 371 Å². The van der Waals surface area contributed by atoms with Crippen LogP contribution >= 0.6 is 0 Å². The molecule has 9 heteroatoms. The Hall–Kier alpha value is -3.15. The Morgan fingerprint density at radius 3 is 1.09 bits per heavy atom. The first-order valence-electron chi connectivity index (χ1n) is 37.1. The first-order chi connectivity index (χ1) is 43.3. The number of allylic oxidation sites excluding steroid dienone is 17. The molecule has 7 unspecified atom stereocenters. The molecule has 0 aromatic heterocycles. The largest absolute Gasteiger partial charge is 0.394 e. The molecule has 0 aliphatic carbocycles. The molecule has 0 aromatic carbocycles. The molecular formula is C79H139NO8. The van der Waals surface area contributed by atoms with Crippen LogP contribution in [-0.4, -0.2) is 87.5 Å². The van der Waals surface area contributed by atoms with Gasteiger partial charge in [-0.15, -0.1) is 0 Å². The van der Waals surface area contributed by atoms with Crippen molar-refractivity contribution >= 4 is 5.91 Å². The zero-order valence-corrected chi connectivity index (χ0v) is 57.0. The predicted molar refractivity (Wildman–Crippen MR) is 377 cm³/mol. The molecule has 0 radical (unpaired) electrons. The van der Waals surface area contributed by atoms with E-state index in [0.29, 0.717) is 6.42 Å². The van der Waals surface area contributed by atoms with Crippen LogP contribution in [0.25, 0.3) is 0 Å². The minimum Gasteiger partial charge on any atom is -0.394 e. The van der Waals surface area contributed by atoms with Crippen LogP contribution in [0.3, 0.4) is 0 Å². The van der Waals surface area contributed by atoms with E-state index >= 15 is 0 Å². The second kappa shape index (κ2) is 66.8. The summed E-state index contributed by atoms with van der Waals surface area (Å²) in [5, 5.41) is 54.8. The number of ether oxygens (including phenoxy) is 2. The Morgan fingerprint density at radius 2 is 0.716 bits per heavy atom. The van der Waals surface area contributed by atoms with Crippen molar-refractivity contribution in [2.24, 2.45) is 0 Å². The summed E-state index contributed by atoms with van der Waals surface area (Å²) in [5.41, 5.74) is 0. The van der Waals surface area contributed by atoms with Gasteiger partial charge in [0.2, 0.25) is 5.91 Å². The van der Waals surface area contributed by atoms with Crippen molar-refractivity contribution in [3.63, 3.8) is 0 Å². The van der Waals surface area contributed by atoms with E-state index in [4.69, 9.17) is 9.47 Å². The number of rotatable bonds is 64. The first-order valence-corrected chi connectivity index (χ1v) is 37.1. The highest BCUT2D eigenvalue weighted by Gasteiger charge is 2.44. The predicted octanol–water partition coefficient (Wildman–Crippen LogP) is 20.8. The Balaban J connectivity index is 2.10. The Kier molecular flexibility index (Phi) is 62.9. The number of hydrogen-bond acceptors (Lipinski definition) is 8. The molecule has 0 aromatic rings. The summed E-state index contributed by atoms with van der Waals surface area (Å²) in [4.78, 5) is 13.1. The van der Waals surface area contributed by atoms with Crippen molar-refractivity contribution < 1.29 is 39.8 Å². The SMILES string of the molecule is CC/C=C\C/C=C\C/C=C\C/C=C\C/C=C\C/C=C\C/C=C\CCCCCCCCCCCCCCCCCCCCCC(=O)NC(COC1OC(CO)C(O)C(O)C1O)C(O)/C=C/CC/C=C/CCCCCCCCCCCCCCCCCCCC. The first kappa shape index (κ1) is 82.9. The second-order valence-electron chi connectivity index (χ2n) is 25.3. The van der Waals surface area contributed by atoms with Gasteiger partial charge in [0.15, 0.2) is 6.29 Å². The molecule has 1 amide bonds. The van der Waals surface area contributed by atoms with Crippen LogP contribution in [0.1, 0.15) is 328 Å². The highest BCUT2D eigenvalue weighted by Crippen LogP contribution is 2.23. The number of amides is 1. The molecule has 7 atom stereocenters. The normalized spacial score (nSPS) is 18.6. The maximum absolute atomic E-state index is 13.1. The zero-order chi connectivity index (χ0) is 63.5. The summed E-state index contributed by atoms with van der Waals surface area (Å²) in [6.07, 6.45) is 92.1. The molecule has 1 saturated heterocycles. The third kappa shape index (κ3) is 54.6. The second-order valence-corrected chi connectivity index (χ2v) is 25.3. The number of hydrogen-bond donors (Lipinski definition) is 6. The maximum Gasteiger partial charge on any atom is 0.220 e. The average molecular weight is 1230 g/mol. The summed E-state index contributed by atoms with van der Waals surface area (Å²) < 4.78 is 11.3. The van der Waals surface area contributed by atoms with Crippen LogP contribution in [0.5, 0.6) is 0 Å². The summed E-state index contributed by atoms with van der Waals surface area (Å²) in [6, 6.07) is -0.827. The molecule has 88 heavy (non-hydrogen) atoms. The number of unbranched alkanes of at least 4 members (excludes halogenated alkanes) is 38. The molecule has 0 saturated carbocycles. The number of carbonyl (C=O) groups excluding carboxylic acids is 1. The lowest BCUT2D eigenvalue weighted by molar-refractivity contribution is -0.302. The Morgan fingerprint density at radius 1 is 0.398 bits per heavy atom. The van der Waals surface area contributed by atoms with Gasteiger partial charge in [-0.1, -0.05) is 342 Å². The summed E-state index contributed by atoms with van der Waals surface area (Å²) >= 11 is 0. The van der Waals surface area contributed by atoms with Crippen LogP contribution in [0.15, 0.2) is 109 Å². The minimum absolute atomic E-state index is 0.184. The summed E-state index contributed by atoms with van der Waals surface area (Å²) in [7, 11) is 0. The molecule has 1 fully saturated rings. The molecule has 1 rings (SSSR count). The summed E-state index contributed by atoms with van der Waals surface area (Å²) in [6.45, 7) is 3.68. The number of aliphatic hydroxyl groups excluding tert-OH is 5. The van der Waals surface area contributed by atoms with Crippen LogP contribution in [-0.2, 0) is 14.3 Å². The van der Waals surface area contributed by atoms with E-state index in [9.17, 15) is 30.3 Å². The van der Waals surface area contributed by atoms with Gasteiger partial charge >= 0.3 is 0 Å². The van der Waals surface area contributed by atoms with Gasteiger partial charge in [0, 0.05) is 6.42 Å². The smallest absolute Gasteiger partial charge is 0.220 e. The van der Waals surface area contributed by atoms with Crippen LogP contribution in [0, 0.1) is 0 Å². The standard InChI is InChI=1S/C79H139NO8/c1-3-5-7-9-11-13-15-17-19-21-23-25-27-29-30-31-32-33-34-35-36-37-38-39-40-41-42-43-44-45-47-49-51-53-55-57-59-61-63-65-67-69-75(83)80-72(71-87-79-78(86)77(85)76(84)74(70-81)88-79)73(82)68-66-64-62-60-58-56-54-52-50-48-46-28-26-24-22-20-18-16-14-12-10-8-6-4-2/h5,7,11,13,17,19,23,25,29-30,32-33,35-36,58,60,66,68,72-74,76-79,81-82,84-86H,3-4,6,8-10,12,14-16,18,20-22,24,26-28,31,34,37-57,59,61-65,67,69-71H2,1-2H3,(H,80,83)/b7-5-,13-11-,19-17-,25-23-,30-29-,33-32-,36-35-,60-58+,68-66+. The average Bonchev–Trinajstić information content (AvgIpc) is 3.31. The van der Waals surface area contributed by atoms with E-state index < -0.39 is 49.5 Å². The van der Waals surface area contributed by atoms with Gasteiger partial charge in [0.05, 0.1) is 25.4 Å². The lowest BCUT2D eigenvalue weighted by Crippen LogP contribution is -2.60. The third-order valence-electron chi connectivity index (χ3n) is 17.1. The molecule has 1 aliphatic rings. The zero-order valence-electron chi connectivity index (χ0n) is 57.0. The van der Waals surface area contributed by atoms with E-state index in [1.165, 1.54) is 225 Å². The van der Waals surface area contributed by atoms with Crippen molar-refractivity contribution in [3.8, 4) is 0 Å². The van der Waals surface area contributed by atoms with Gasteiger partial charge in [0.25, 0.3) is 0 Å². The van der Waals surface area contributed by atoms with E-state index in [0.717, 1.165) is 83.5 Å². The van der Waals surface area contributed by atoms with Crippen molar-refractivity contribution in [1.29, 1.82) is 0 Å². The topological polar surface area (TPSA) is 149 Å². The van der Waals surface area contributed by atoms with Gasteiger partial charge in [-0.25, -0.2) is 0 Å². The molecule has 508 valence electrons. The van der Waals surface area contributed by atoms with Crippen LogP contribution in [0.4, 0.5) is 0 Å². The highest BCUT2D eigenvalue weighted by molar-refractivity contribution is 5.76. The fourth-order valence-electron chi connectivity index (χ4n) is 11.3. The van der Waals surface area contributed by atoms with Crippen molar-refractivity contribution in [2.75, 3.05) is 13.2 Å². The van der Waals surface area contributed by atoms with E-state index in [1.807, 2.05) is 6.08 Å². The maximum atomic E-state index is 13.1. The van der Waals surface area contributed by atoms with E-state index in [1.54, 1.807) is 6.08 Å². The minimum atomic E-state index is -1.58. The van der Waals surface area contributed by atoms with Gasteiger partial charge in [0.1, 0.15) is 24.4 Å². The quantitative estimate of drug-likeness (QED) is 0.0261. The van der Waals surface area contributed by atoms with E-state index in [-0.39, 0.29) is 12.5 Å². The summed E-state index contributed by atoms with van der Waals surface area (Å²) in [5.74, 6) is -0.184. The number of carbonyl (C=O) groups is 1. The van der Waals surface area contributed by atoms with Crippen molar-refractivity contribution in [3.05, 3.63) is 109 Å². The lowest BCUT2D eigenvalue weighted by Gasteiger charge is -2.40. The molecular weight excluding hydrogens is 1090 g/mol. The highest BCUT2D eigenvalue weighted by atomic mass is 16.7. The van der Waals surface area contributed by atoms with Crippen LogP contribution in [0.2, 0.25) is 0 Å². The van der Waals surface area contributed by atoms with Gasteiger partial charge < -0.3 is 40.3 Å². The fraction of sp³-hybridized carbons (Fsp3) is 0.759. The number of nitrogens with one attached hydrogen (secondary N) is 1. The van der Waals surface area contributed by atoms with Crippen molar-refractivity contribution in [1.82, 2.24) is 5.32 Å². The molecule has 1 heterocycles. The number of aliphatic hydroxyl groups is 5. The molecule has 6 N–H and O–H groups in total. The Bertz CT molecular complexity index is 1760. The van der Waals surface area contributed by atoms with Gasteiger partial charge in [-0.3, -0.25) is 4.79 Å². The van der Waals surface area contributed by atoms with Gasteiger partial charge in [-0.05, 0) is 89.9 Å². The third-order valence-corrected chi connectivity index (χ3v) is 17.1. The molecule has 0 spiro atoms. The monoisotopic (exact) mass is 1230 g/mol. The molecule has 1 aliphatic heterocycles. The van der Waals surface area contributed by atoms with E-state index in [2.05, 4.69) is 116 Å². The fourth-order valence-corrected chi connectivity index (χ4v) is 11.3. The Labute approximate surface area is 542 Å². The van der Waals surface area contributed by atoms with Gasteiger partial charge in [-0.2, -0.15) is 0 Å². The lowest BCUT2D eigenvalue weighted by atomic mass is 9.99.